The Morgan fingerprint density at radius 1 is 0.739 bits per heavy atom. The van der Waals surface area contributed by atoms with E-state index in [9.17, 15) is 14.4 Å². The fraction of sp³-hybridized carbons (Fsp3) is 0.0278. The number of carbonyl (C=O) groups excluding carboxylic acids is 3. The van der Waals surface area contributed by atoms with Gasteiger partial charge in [0.15, 0.2) is 0 Å². The third-order valence-electron chi connectivity index (χ3n) is 6.61. The van der Waals surface area contributed by atoms with Crippen LogP contribution in [0, 0.1) is 0 Å². The van der Waals surface area contributed by atoms with Crippen molar-refractivity contribution in [3.8, 4) is 0 Å². The van der Waals surface area contributed by atoms with E-state index in [-0.39, 0.29) is 16.6 Å². The fourth-order valence-corrected chi connectivity index (χ4v) is 6.04. The number of amides is 3. The number of rotatable bonds is 10. The molecule has 5 rings (SSSR count). The van der Waals surface area contributed by atoms with Gasteiger partial charge in [0.05, 0.1) is 15.7 Å². The van der Waals surface area contributed by atoms with Crippen molar-refractivity contribution >= 4 is 86.1 Å². The van der Waals surface area contributed by atoms with Gasteiger partial charge in [0.2, 0.25) is 5.91 Å². The molecule has 1 unspecified atom stereocenters. The van der Waals surface area contributed by atoms with E-state index in [1.807, 2.05) is 66.7 Å². The van der Waals surface area contributed by atoms with Crippen LogP contribution in [0.3, 0.4) is 0 Å². The molecule has 3 N–H and O–H groups in total. The minimum Gasteiger partial charge on any atom is -0.323 e. The lowest BCUT2D eigenvalue weighted by atomic mass is 10.1. The maximum absolute atomic E-state index is 13.6. The molecule has 46 heavy (non-hydrogen) atoms. The van der Waals surface area contributed by atoms with Gasteiger partial charge < -0.3 is 16.0 Å². The highest BCUT2D eigenvalue weighted by Gasteiger charge is 2.24. The molecule has 230 valence electrons. The number of hydrogen-bond acceptors (Lipinski definition) is 4. The zero-order valence-electron chi connectivity index (χ0n) is 24.0. The van der Waals surface area contributed by atoms with Crippen LogP contribution < -0.4 is 16.0 Å². The minimum absolute atomic E-state index is 0.0640. The highest BCUT2D eigenvalue weighted by Crippen LogP contribution is 2.38. The molecule has 3 amide bonds. The van der Waals surface area contributed by atoms with E-state index < -0.39 is 17.1 Å². The molecular formula is C36H26BrCl2N3O3S. The van der Waals surface area contributed by atoms with E-state index in [0.717, 1.165) is 20.5 Å². The van der Waals surface area contributed by atoms with Crippen molar-refractivity contribution in [1.29, 1.82) is 0 Å². The van der Waals surface area contributed by atoms with E-state index in [4.69, 9.17) is 23.2 Å². The standard InChI is InChI=1S/C36H26BrCl2N3O3S/c37-26-19-17-23(18-20-26)21-31(42-34(43)25-11-5-2-6-12-25)35(44)40-27-13-7-14-28(22-27)46-33(24-9-3-1-4-10-24)36(45)41-30-16-8-15-29(38)32(30)39/h1-22,33H,(H,40,44)(H,41,45)(H,42,43)/b31-21+. The first-order chi connectivity index (χ1) is 22.3. The van der Waals surface area contributed by atoms with Crippen molar-refractivity contribution in [3.63, 3.8) is 0 Å². The molecule has 0 saturated heterocycles. The average molecular weight is 731 g/mol. The van der Waals surface area contributed by atoms with E-state index in [1.54, 1.807) is 66.7 Å². The molecule has 0 aliphatic carbocycles. The Labute approximate surface area is 289 Å². The highest BCUT2D eigenvalue weighted by molar-refractivity contribution is 9.10. The monoisotopic (exact) mass is 729 g/mol. The third kappa shape index (κ3) is 8.89. The van der Waals surface area contributed by atoms with Crippen LogP contribution >= 0.6 is 50.9 Å². The summed E-state index contributed by atoms with van der Waals surface area (Å²) >= 11 is 17.2. The van der Waals surface area contributed by atoms with Crippen LogP contribution in [0.4, 0.5) is 11.4 Å². The minimum atomic E-state index is -0.653. The maximum atomic E-state index is 13.6. The zero-order chi connectivity index (χ0) is 32.5. The van der Waals surface area contributed by atoms with Gasteiger partial charge >= 0.3 is 0 Å². The molecule has 0 aliphatic heterocycles. The second-order valence-corrected chi connectivity index (χ2v) is 12.8. The van der Waals surface area contributed by atoms with Crippen molar-refractivity contribution in [2.24, 2.45) is 0 Å². The Balaban J connectivity index is 1.38. The maximum Gasteiger partial charge on any atom is 0.272 e. The Morgan fingerprint density at radius 3 is 2.13 bits per heavy atom. The van der Waals surface area contributed by atoms with Crippen molar-refractivity contribution in [3.05, 3.63) is 164 Å². The van der Waals surface area contributed by atoms with Crippen molar-refractivity contribution in [1.82, 2.24) is 5.32 Å². The van der Waals surface area contributed by atoms with Gasteiger partial charge in [-0.05, 0) is 71.8 Å². The summed E-state index contributed by atoms with van der Waals surface area (Å²) in [6, 6.07) is 37.6. The van der Waals surface area contributed by atoms with Gasteiger partial charge in [-0.25, -0.2) is 0 Å². The highest BCUT2D eigenvalue weighted by atomic mass is 79.9. The largest absolute Gasteiger partial charge is 0.323 e. The first kappa shape index (κ1) is 33.0. The van der Waals surface area contributed by atoms with Gasteiger partial charge in [-0.1, -0.05) is 112 Å². The smallest absolute Gasteiger partial charge is 0.272 e. The zero-order valence-corrected chi connectivity index (χ0v) is 28.0. The SMILES string of the molecule is O=C(Nc1cccc(SC(C(=O)Nc2cccc(Cl)c2Cl)c2ccccc2)c1)/C(=C\c1ccc(Br)cc1)NC(=O)c1ccccc1. The summed E-state index contributed by atoms with van der Waals surface area (Å²) in [6.07, 6.45) is 1.61. The Hall–Kier alpha value is -4.34. The molecule has 0 heterocycles. The van der Waals surface area contributed by atoms with E-state index in [1.165, 1.54) is 11.8 Å². The number of anilines is 2. The van der Waals surface area contributed by atoms with E-state index in [2.05, 4.69) is 31.9 Å². The van der Waals surface area contributed by atoms with Gasteiger partial charge in [0.25, 0.3) is 11.8 Å². The molecule has 0 fully saturated rings. The Kier molecular flexibility index (Phi) is 11.3. The van der Waals surface area contributed by atoms with Crippen LogP contribution in [-0.2, 0) is 9.59 Å². The van der Waals surface area contributed by atoms with Gasteiger partial charge in [-0.2, -0.15) is 0 Å². The summed E-state index contributed by atoms with van der Waals surface area (Å²) in [5.41, 5.74) is 2.87. The fourth-order valence-electron chi connectivity index (χ4n) is 4.35. The second-order valence-electron chi connectivity index (χ2n) is 9.91. The molecular weight excluding hydrogens is 705 g/mol. The summed E-state index contributed by atoms with van der Waals surface area (Å²) < 4.78 is 0.886. The second kappa shape index (κ2) is 15.8. The van der Waals surface area contributed by atoms with Crippen LogP contribution in [0.1, 0.15) is 26.7 Å². The molecule has 5 aromatic rings. The molecule has 0 aliphatic rings. The normalized spacial score (nSPS) is 11.8. The lowest BCUT2D eigenvalue weighted by molar-refractivity contribution is -0.116. The summed E-state index contributed by atoms with van der Waals surface area (Å²) in [7, 11) is 0. The van der Waals surface area contributed by atoms with Gasteiger partial charge in [-0.15, -0.1) is 11.8 Å². The van der Waals surface area contributed by atoms with Crippen LogP contribution in [0.25, 0.3) is 6.08 Å². The molecule has 1 atom stereocenters. The molecule has 0 spiro atoms. The summed E-state index contributed by atoms with van der Waals surface area (Å²) in [5, 5.41) is 8.47. The first-order valence-corrected chi connectivity index (χ1v) is 16.4. The molecule has 10 heteroatoms. The number of halogens is 3. The molecule has 0 radical (unpaired) electrons. The van der Waals surface area contributed by atoms with Crippen LogP contribution in [0.2, 0.25) is 10.0 Å². The van der Waals surface area contributed by atoms with Crippen molar-refractivity contribution < 1.29 is 14.4 Å². The third-order valence-corrected chi connectivity index (χ3v) is 9.20. The number of benzene rings is 5. The molecule has 6 nitrogen and oxygen atoms in total. The predicted octanol–water partition coefficient (Wildman–Crippen LogP) is 9.64. The Bertz CT molecular complexity index is 1890. The van der Waals surface area contributed by atoms with Crippen LogP contribution in [0.5, 0.6) is 0 Å². The summed E-state index contributed by atoms with van der Waals surface area (Å²) in [5.74, 6) is -1.22. The molecule has 0 aromatic heterocycles. The number of hydrogen-bond donors (Lipinski definition) is 3. The van der Waals surface area contributed by atoms with Crippen LogP contribution in [0.15, 0.2) is 142 Å². The van der Waals surface area contributed by atoms with Crippen molar-refractivity contribution in [2.75, 3.05) is 10.6 Å². The number of thioether (sulfide) groups is 1. The topological polar surface area (TPSA) is 87.3 Å². The lowest BCUT2D eigenvalue weighted by Crippen LogP contribution is -2.30. The quantitative estimate of drug-likeness (QED) is 0.0987. The average Bonchev–Trinajstić information content (AvgIpc) is 3.07. The molecule has 5 aromatic carbocycles. The number of nitrogens with one attached hydrogen (secondary N) is 3. The lowest BCUT2D eigenvalue weighted by Gasteiger charge is -2.18. The van der Waals surface area contributed by atoms with Gasteiger partial charge in [0.1, 0.15) is 10.9 Å². The predicted molar refractivity (Wildman–Crippen MR) is 191 cm³/mol. The summed E-state index contributed by atoms with van der Waals surface area (Å²) in [4.78, 5) is 40.9. The first-order valence-electron chi connectivity index (χ1n) is 14.0. The number of carbonyl (C=O) groups is 3. The van der Waals surface area contributed by atoms with E-state index >= 15 is 0 Å². The van der Waals surface area contributed by atoms with Gasteiger partial charge in [0, 0.05) is 20.6 Å². The van der Waals surface area contributed by atoms with Crippen LogP contribution in [-0.4, -0.2) is 17.7 Å². The molecule has 0 saturated carbocycles. The molecule has 0 bridgehead atoms. The Morgan fingerprint density at radius 2 is 1.41 bits per heavy atom. The summed E-state index contributed by atoms with van der Waals surface area (Å²) in [6.45, 7) is 0. The van der Waals surface area contributed by atoms with Gasteiger partial charge in [-0.3, -0.25) is 14.4 Å². The van der Waals surface area contributed by atoms with Crippen molar-refractivity contribution in [2.45, 2.75) is 10.1 Å². The van der Waals surface area contributed by atoms with E-state index in [0.29, 0.717) is 22.0 Å².